The second-order valence-electron chi connectivity index (χ2n) is 8.64. The molecule has 0 atom stereocenters. The normalized spacial score (nSPS) is 13.9. The monoisotopic (exact) mass is 509 g/mol. The number of hydrogen-bond donors (Lipinski definition) is 2. The first kappa shape index (κ1) is 25.1. The average Bonchev–Trinajstić information content (AvgIpc) is 2.95. The number of carbonyl (C=O) groups excluding carboxylic acids is 2. The molecule has 0 unspecified atom stereocenters. The Bertz CT molecular complexity index is 1430. The Balaban J connectivity index is 1.24. The Morgan fingerprint density at radius 1 is 0.947 bits per heavy atom. The van der Waals surface area contributed by atoms with E-state index in [4.69, 9.17) is 9.47 Å². The van der Waals surface area contributed by atoms with Gasteiger partial charge in [0, 0.05) is 54.7 Å². The fourth-order valence-corrected chi connectivity index (χ4v) is 3.99. The van der Waals surface area contributed by atoms with Crippen LogP contribution in [-0.4, -0.2) is 59.5 Å². The molecule has 2 aromatic carbocycles. The quantitative estimate of drug-likeness (QED) is 0.337. The summed E-state index contributed by atoms with van der Waals surface area (Å²) in [5, 5.41) is 6.41. The number of carbonyl (C=O) groups is 2. The second-order valence-corrected chi connectivity index (χ2v) is 8.64. The molecule has 1 saturated heterocycles. The van der Waals surface area contributed by atoms with Crippen molar-refractivity contribution in [3.05, 3.63) is 96.8 Å². The van der Waals surface area contributed by atoms with Gasteiger partial charge in [0.1, 0.15) is 17.3 Å². The van der Waals surface area contributed by atoms with Crippen LogP contribution in [0.5, 0.6) is 11.5 Å². The van der Waals surface area contributed by atoms with Gasteiger partial charge in [0.05, 0.1) is 18.7 Å². The van der Waals surface area contributed by atoms with Crippen LogP contribution in [0.15, 0.2) is 91.3 Å². The van der Waals surface area contributed by atoms with Gasteiger partial charge in [-0.3, -0.25) is 19.5 Å². The highest BCUT2D eigenvalue weighted by Gasteiger charge is 2.11. The van der Waals surface area contributed by atoms with Crippen molar-refractivity contribution in [3.63, 3.8) is 0 Å². The minimum absolute atomic E-state index is 0.205. The largest absolute Gasteiger partial charge is 0.457 e. The lowest BCUT2D eigenvalue weighted by Gasteiger charge is -2.25. The van der Waals surface area contributed by atoms with E-state index in [1.807, 2.05) is 24.3 Å². The third-order valence-corrected chi connectivity index (χ3v) is 5.96. The van der Waals surface area contributed by atoms with Crippen LogP contribution in [-0.2, 0) is 9.53 Å². The van der Waals surface area contributed by atoms with Crippen LogP contribution >= 0.6 is 0 Å². The molecule has 1 aliphatic rings. The zero-order valence-electron chi connectivity index (χ0n) is 20.7. The highest BCUT2D eigenvalue weighted by atomic mass is 16.5. The minimum Gasteiger partial charge on any atom is -0.457 e. The summed E-state index contributed by atoms with van der Waals surface area (Å²) in [5.41, 5.74) is 1.85. The first-order valence-corrected chi connectivity index (χ1v) is 12.3. The van der Waals surface area contributed by atoms with Crippen LogP contribution in [0.25, 0.3) is 10.9 Å². The third kappa shape index (κ3) is 6.58. The lowest BCUT2D eigenvalue weighted by atomic mass is 10.1. The molecule has 2 aromatic heterocycles. The fraction of sp³-hybridized carbons (Fsp3) is 0.172. The topological polar surface area (TPSA) is 106 Å². The first-order valence-electron chi connectivity index (χ1n) is 12.3. The van der Waals surface area contributed by atoms with E-state index in [1.54, 1.807) is 67.0 Å². The van der Waals surface area contributed by atoms with Crippen LogP contribution in [0.2, 0.25) is 0 Å². The lowest BCUT2D eigenvalue weighted by Crippen LogP contribution is -2.36. The van der Waals surface area contributed by atoms with Gasteiger partial charge in [-0.15, -0.1) is 0 Å². The molecule has 9 nitrogen and oxygen atoms in total. The standard InChI is InChI=1S/C29H27N5O4/c35-28(5-3-15-34-16-18-37-19-17-34)32-22-8-11-25-24(20-22)26(12-14-30-25)38-23-9-6-21(7-10-23)29(36)33-27-4-1-2-13-31-27/h1-14,20H,15-19H2,(H,32,35)(H,31,33,36). The number of benzene rings is 2. The number of nitrogens with one attached hydrogen (secondary N) is 2. The number of nitrogens with zero attached hydrogens (tertiary/aromatic N) is 3. The van der Waals surface area contributed by atoms with Crippen molar-refractivity contribution in [2.24, 2.45) is 0 Å². The summed E-state index contributed by atoms with van der Waals surface area (Å²) in [6.07, 6.45) is 6.69. The van der Waals surface area contributed by atoms with E-state index in [0.29, 0.717) is 35.1 Å². The van der Waals surface area contributed by atoms with Gasteiger partial charge < -0.3 is 20.1 Å². The molecule has 0 spiro atoms. The van der Waals surface area contributed by atoms with Crippen molar-refractivity contribution < 1.29 is 19.1 Å². The summed E-state index contributed by atoms with van der Waals surface area (Å²) in [6.45, 7) is 3.89. The van der Waals surface area contributed by atoms with Crippen molar-refractivity contribution >= 4 is 34.2 Å². The maximum absolute atomic E-state index is 12.5. The number of morpholine rings is 1. The maximum Gasteiger partial charge on any atom is 0.256 e. The van der Waals surface area contributed by atoms with E-state index in [-0.39, 0.29) is 11.8 Å². The maximum atomic E-state index is 12.5. The summed E-state index contributed by atoms with van der Waals surface area (Å²) < 4.78 is 11.5. The molecule has 0 saturated carbocycles. The zero-order chi connectivity index (χ0) is 26.2. The fourth-order valence-electron chi connectivity index (χ4n) is 3.99. The molecular weight excluding hydrogens is 482 g/mol. The summed E-state index contributed by atoms with van der Waals surface area (Å²) in [6, 6.07) is 19.4. The highest BCUT2D eigenvalue weighted by Crippen LogP contribution is 2.31. The number of fused-ring (bicyclic) bond motifs is 1. The van der Waals surface area contributed by atoms with Crippen molar-refractivity contribution in [2.45, 2.75) is 0 Å². The minimum atomic E-state index is -0.260. The number of ether oxygens (including phenoxy) is 2. The van der Waals surface area contributed by atoms with E-state index in [1.165, 1.54) is 0 Å². The molecule has 0 aliphatic carbocycles. The second kappa shape index (κ2) is 12.1. The Hall–Kier alpha value is -4.60. The summed E-state index contributed by atoms with van der Waals surface area (Å²) >= 11 is 0. The Kier molecular flexibility index (Phi) is 7.98. The molecule has 0 radical (unpaired) electrons. The molecule has 5 rings (SSSR count). The Morgan fingerprint density at radius 2 is 1.79 bits per heavy atom. The van der Waals surface area contributed by atoms with E-state index in [0.717, 1.165) is 37.2 Å². The number of pyridine rings is 2. The predicted octanol–water partition coefficient (Wildman–Crippen LogP) is 4.50. The van der Waals surface area contributed by atoms with Crippen LogP contribution in [0, 0.1) is 0 Å². The molecular formula is C29H27N5O4. The number of rotatable bonds is 8. The van der Waals surface area contributed by atoms with Crippen molar-refractivity contribution in [2.75, 3.05) is 43.5 Å². The number of amides is 2. The molecule has 1 fully saturated rings. The van der Waals surface area contributed by atoms with Gasteiger partial charge in [-0.25, -0.2) is 4.98 Å². The predicted molar refractivity (Wildman–Crippen MR) is 145 cm³/mol. The Morgan fingerprint density at radius 3 is 2.58 bits per heavy atom. The molecule has 3 heterocycles. The summed E-state index contributed by atoms with van der Waals surface area (Å²) in [4.78, 5) is 35.7. The van der Waals surface area contributed by atoms with Gasteiger partial charge in [0.15, 0.2) is 0 Å². The molecule has 9 heteroatoms. The van der Waals surface area contributed by atoms with Crippen LogP contribution < -0.4 is 15.4 Å². The van der Waals surface area contributed by atoms with Gasteiger partial charge in [0.25, 0.3) is 5.91 Å². The Labute approximate surface area is 220 Å². The molecule has 38 heavy (non-hydrogen) atoms. The number of aromatic nitrogens is 2. The van der Waals surface area contributed by atoms with Crippen LogP contribution in [0.1, 0.15) is 10.4 Å². The van der Waals surface area contributed by atoms with E-state index in [9.17, 15) is 9.59 Å². The van der Waals surface area contributed by atoms with E-state index >= 15 is 0 Å². The highest BCUT2D eigenvalue weighted by molar-refractivity contribution is 6.04. The van der Waals surface area contributed by atoms with Gasteiger partial charge in [-0.2, -0.15) is 0 Å². The van der Waals surface area contributed by atoms with Gasteiger partial charge >= 0.3 is 0 Å². The van der Waals surface area contributed by atoms with Crippen molar-refractivity contribution in [1.29, 1.82) is 0 Å². The van der Waals surface area contributed by atoms with Crippen molar-refractivity contribution in [3.8, 4) is 11.5 Å². The number of anilines is 2. The molecule has 0 bridgehead atoms. The van der Waals surface area contributed by atoms with Gasteiger partial charge in [-0.05, 0) is 60.7 Å². The molecule has 4 aromatic rings. The molecule has 2 amide bonds. The number of hydrogen-bond acceptors (Lipinski definition) is 7. The first-order chi connectivity index (χ1) is 18.6. The molecule has 1 aliphatic heterocycles. The van der Waals surface area contributed by atoms with E-state index < -0.39 is 0 Å². The zero-order valence-corrected chi connectivity index (χ0v) is 20.7. The van der Waals surface area contributed by atoms with Crippen molar-refractivity contribution in [1.82, 2.24) is 14.9 Å². The molecule has 192 valence electrons. The van der Waals surface area contributed by atoms with Gasteiger partial charge in [0.2, 0.25) is 5.91 Å². The third-order valence-electron chi connectivity index (χ3n) is 5.96. The molecule has 2 N–H and O–H groups in total. The summed E-state index contributed by atoms with van der Waals surface area (Å²) in [5.74, 6) is 1.16. The SMILES string of the molecule is O=C(C=CCN1CCOCC1)Nc1ccc2nccc(Oc3ccc(C(=O)Nc4ccccn4)cc3)c2c1. The van der Waals surface area contributed by atoms with Crippen LogP contribution in [0.4, 0.5) is 11.5 Å². The van der Waals surface area contributed by atoms with Crippen LogP contribution in [0.3, 0.4) is 0 Å². The smallest absolute Gasteiger partial charge is 0.256 e. The van der Waals surface area contributed by atoms with E-state index in [2.05, 4.69) is 25.5 Å². The summed E-state index contributed by atoms with van der Waals surface area (Å²) in [7, 11) is 0. The average molecular weight is 510 g/mol. The van der Waals surface area contributed by atoms with Gasteiger partial charge in [-0.1, -0.05) is 12.1 Å². The lowest BCUT2D eigenvalue weighted by molar-refractivity contribution is -0.111.